The molecule has 1 fully saturated rings. The summed E-state index contributed by atoms with van der Waals surface area (Å²) in [7, 11) is 1.25. The van der Waals surface area contributed by atoms with Crippen LogP contribution < -0.4 is 15.4 Å². The van der Waals surface area contributed by atoms with Crippen molar-refractivity contribution in [3.05, 3.63) is 76.8 Å². The smallest absolute Gasteiger partial charge is 0.352 e. The third-order valence-corrected chi connectivity index (χ3v) is 8.23. The average Bonchev–Trinajstić information content (AvgIpc) is 2.89. The van der Waals surface area contributed by atoms with Crippen molar-refractivity contribution < 1.29 is 33.8 Å². The number of nitrogens with one attached hydrogen (secondary N) is 2. The van der Waals surface area contributed by atoms with Crippen molar-refractivity contribution in [2.24, 2.45) is 0 Å². The number of carboxylic acid groups (broad SMARTS) is 1. The molecule has 4 rings (SSSR count). The zero-order valence-electron chi connectivity index (χ0n) is 19.0. The highest BCUT2D eigenvalue weighted by molar-refractivity contribution is 8.01. The molecule has 0 saturated carbocycles. The van der Waals surface area contributed by atoms with Crippen molar-refractivity contribution >= 4 is 47.7 Å². The summed E-state index contributed by atoms with van der Waals surface area (Å²) in [6.07, 6.45) is 1.73. The van der Waals surface area contributed by atoms with E-state index in [4.69, 9.17) is 4.74 Å². The number of hydrogen-bond donors (Lipinski definition) is 3. The first kappa shape index (κ1) is 25.5. The van der Waals surface area contributed by atoms with Gasteiger partial charge in [0, 0.05) is 30.7 Å². The Balaban J connectivity index is 1.57. The first-order chi connectivity index (χ1) is 17.3. The summed E-state index contributed by atoms with van der Waals surface area (Å²) >= 11 is 2.40. The Morgan fingerprint density at radius 2 is 2.06 bits per heavy atom. The number of methoxy groups -OCH3 is 1. The van der Waals surface area contributed by atoms with Gasteiger partial charge in [-0.1, -0.05) is 42.1 Å². The summed E-state index contributed by atoms with van der Waals surface area (Å²) in [6, 6.07) is 12.3. The van der Waals surface area contributed by atoms with E-state index < -0.39 is 34.9 Å². The van der Waals surface area contributed by atoms with Gasteiger partial charge < -0.3 is 25.7 Å². The Morgan fingerprint density at radius 1 is 1.33 bits per heavy atom. The van der Waals surface area contributed by atoms with Crippen LogP contribution in [0.4, 0.5) is 0 Å². The minimum absolute atomic E-state index is 0.184. The van der Waals surface area contributed by atoms with Crippen molar-refractivity contribution in [1.29, 1.82) is 0 Å². The second kappa shape index (κ2) is 10.6. The fraction of sp³-hybridized carbons (Fsp3) is 0.261. The van der Waals surface area contributed by atoms with Crippen LogP contribution in [0.5, 0.6) is 0 Å². The normalized spacial score (nSPS) is 21.8. The Kier molecular flexibility index (Phi) is 7.52. The van der Waals surface area contributed by atoms with E-state index in [0.29, 0.717) is 27.3 Å². The number of nitrogens with zero attached hydrogens (tertiary/aromatic N) is 2. The largest absolute Gasteiger partial charge is 0.618 e. The van der Waals surface area contributed by atoms with E-state index in [-0.39, 0.29) is 17.2 Å². The lowest BCUT2D eigenvalue weighted by Gasteiger charge is -2.56. The van der Waals surface area contributed by atoms with E-state index in [2.05, 4.69) is 10.6 Å². The number of amides is 3. The van der Waals surface area contributed by atoms with Crippen LogP contribution in [-0.2, 0) is 23.9 Å². The first-order valence-electron chi connectivity index (χ1n) is 10.7. The number of β-lactam (4-membered cyclic amide) rings is 1. The fourth-order valence-corrected chi connectivity index (χ4v) is 6.52. The maximum Gasteiger partial charge on any atom is 0.352 e. The van der Waals surface area contributed by atoms with Crippen molar-refractivity contribution in [2.45, 2.75) is 22.2 Å². The van der Waals surface area contributed by atoms with Crippen molar-refractivity contribution in [2.75, 3.05) is 18.6 Å². The number of fused-ring (bicyclic) bond motifs is 1. The van der Waals surface area contributed by atoms with Crippen LogP contribution >= 0.6 is 23.5 Å². The molecule has 0 bridgehead atoms. The van der Waals surface area contributed by atoms with Crippen LogP contribution in [0.2, 0.25) is 0 Å². The first-order valence-corrected chi connectivity index (χ1v) is 12.7. The van der Waals surface area contributed by atoms with Crippen LogP contribution in [0.1, 0.15) is 11.6 Å². The number of rotatable bonds is 10. The molecule has 0 aliphatic carbocycles. The van der Waals surface area contributed by atoms with Gasteiger partial charge in [0.15, 0.2) is 6.20 Å². The van der Waals surface area contributed by atoms with Crippen LogP contribution in [0.3, 0.4) is 0 Å². The SMILES string of the molecule is COC1(NC(=O)C(NC=O)c2ccccc2)C(=O)N2C(C(=O)O)=C(CSc3cccc[n+]3[O-])CSC21. The minimum Gasteiger partial charge on any atom is -0.618 e. The van der Waals surface area contributed by atoms with Gasteiger partial charge in [0.2, 0.25) is 12.3 Å². The van der Waals surface area contributed by atoms with Gasteiger partial charge in [-0.25, -0.2) is 4.79 Å². The van der Waals surface area contributed by atoms with Gasteiger partial charge in [-0.3, -0.25) is 19.3 Å². The molecule has 36 heavy (non-hydrogen) atoms. The summed E-state index contributed by atoms with van der Waals surface area (Å²) in [5.74, 6) is -2.30. The molecule has 3 unspecified atom stereocenters. The summed E-state index contributed by atoms with van der Waals surface area (Å²) in [4.78, 5) is 50.9. The van der Waals surface area contributed by atoms with Gasteiger partial charge in [-0.05, 0) is 17.2 Å². The molecule has 188 valence electrons. The third-order valence-electron chi connectivity index (χ3n) is 5.76. The molecule has 3 amide bonds. The Labute approximate surface area is 214 Å². The lowest BCUT2D eigenvalue weighted by molar-refractivity contribution is -0.645. The van der Waals surface area contributed by atoms with E-state index in [1.54, 1.807) is 48.5 Å². The molecule has 2 aliphatic heterocycles. The summed E-state index contributed by atoms with van der Waals surface area (Å²) in [5, 5.41) is 26.4. The van der Waals surface area contributed by atoms with Gasteiger partial charge in [-0.2, -0.15) is 4.73 Å². The van der Waals surface area contributed by atoms with Gasteiger partial charge >= 0.3 is 5.97 Å². The number of benzene rings is 1. The molecular formula is C23H22N4O7S2. The van der Waals surface area contributed by atoms with Gasteiger partial charge in [0.1, 0.15) is 17.1 Å². The number of aromatic nitrogens is 1. The average molecular weight is 531 g/mol. The van der Waals surface area contributed by atoms with Gasteiger partial charge in [0.25, 0.3) is 16.7 Å². The topological polar surface area (TPSA) is 152 Å². The molecule has 3 N–H and O–H groups in total. The number of hydrogen-bond acceptors (Lipinski definition) is 8. The highest BCUT2D eigenvalue weighted by Crippen LogP contribution is 2.47. The monoisotopic (exact) mass is 530 g/mol. The fourth-order valence-electron chi connectivity index (χ4n) is 4.03. The standard InChI is InChI=1S/C23H22N4O7S2/c1-34-23(25-19(29)17(24-13-28)14-7-3-2-4-8-14)21(32)27-18(20(30)31)15(12-36-22(23)27)11-35-16-9-5-6-10-26(16)33/h2-10,13,17,22H,11-12H2,1H3,(H,24,28)(H,25,29)(H,30,31). The Morgan fingerprint density at radius 3 is 2.69 bits per heavy atom. The molecular weight excluding hydrogens is 508 g/mol. The number of ether oxygens (including phenoxy) is 1. The number of carbonyl (C=O) groups is 4. The Hall–Kier alpha value is -3.55. The molecule has 2 aliphatic rings. The minimum atomic E-state index is -1.81. The molecule has 0 radical (unpaired) electrons. The molecule has 1 aromatic heterocycles. The van der Waals surface area contributed by atoms with E-state index in [0.717, 1.165) is 16.7 Å². The number of aliphatic carboxylic acids is 1. The van der Waals surface area contributed by atoms with Gasteiger partial charge in [0.05, 0.1) is 0 Å². The highest BCUT2D eigenvalue weighted by Gasteiger charge is 2.66. The van der Waals surface area contributed by atoms with Gasteiger partial charge in [-0.15, -0.1) is 11.8 Å². The zero-order valence-corrected chi connectivity index (χ0v) is 20.6. The third kappa shape index (κ3) is 4.52. The second-order valence-corrected chi connectivity index (χ2v) is 9.87. The molecule has 11 nitrogen and oxygen atoms in total. The number of carbonyl (C=O) groups excluding carboxylic acids is 3. The predicted molar refractivity (Wildman–Crippen MR) is 130 cm³/mol. The molecule has 13 heteroatoms. The molecule has 2 aromatic rings. The van der Waals surface area contributed by atoms with E-state index >= 15 is 0 Å². The number of thioether (sulfide) groups is 2. The van der Waals surface area contributed by atoms with Crippen molar-refractivity contribution in [1.82, 2.24) is 15.5 Å². The number of pyridine rings is 1. The maximum atomic E-state index is 13.3. The predicted octanol–water partition coefficient (Wildman–Crippen LogP) is 0.612. The quantitative estimate of drug-likeness (QED) is 0.100. The molecule has 3 heterocycles. The van der Waals surface area contributed by atoms with Crippen LogP contribution in [0.25, 0.3) is 0 Å². The summed E-state index contributed by atoms with van der Waals surface area (Å²) in [5.41, 5.74) is -1.05. The van der Waals surface area contributed by atoms with Crippen LogP contribution in [0.15, 0.2) is 71.0 Å². The highest BCUT2D eigenvalue weighted by atomic mass is 32.2. The molecule has 0 spiro atoms. The number of carboxylic acids is 1. The van der Waals surface area contributed by atoms with Crippen molar-refractivity contribution in [3.63, 3.8) is 0 Å². The van der Waals surface area contributed by atoms with E-state index in [9.17, 15) is 29.5 Å². The summed E-state index contributed by atoms with van der Waals surface area (Å²) in [6.45, 7) is 0. The van der Waals surface area contributed by atoms with E-state index in [1.807, 2.05) is 0 Å². The van der Waals surface area contributed by atoms with Crippen molar-refractivity contribution in [3.8, 4) is 0 Å². The lowest BCUT2D eigenvalue weighted by atomic mass is 9.97. The summed E-state index contributed by atoms with van der Waals surface area (Å²) < 4.78 is 6.16. The molecule has 1 aromatic carbocycles. The Bertz CT molecular complexity index is 1230. The maximum absolute atomic E-state index is 13.3. The van der Waals surface area contributed by atoms with Crippen LogP contribution in [-0.4, -0.2) is 63.9 Å². The van der Waals surface area contributed by atoms with Crippen LogP contribution in [0, 0.1) is 5.21 Å². The second-order valence-electron chi connectivity index (χ2n) is 7.81. The molecule has 1 saturated heterocycles. The zero-order chi connectivity index (χ0) is 25.9. The van der Waals surface area contributed by atoms with E-state index in [1.165, 1.54) is 25.1 Å². The lowest BCUT2D eigenvalue weighted by Crippen LogP contribution is -2.81. The molecule has 3 atom stereocenters.